The van der Waals surface area contributed by atoms with Gasteiger partial charge in [-0.15, -0.1) is 10.2 Å². The van der Waals surface area contributed by atoms with E-state index >= 15 is 0 Å². The predicted octanol–water partition coefficient (Wildman–Crippen LogP) is 2.50. The molecule has 7 nitrogen and oxygen atoms in total. The van der Waals surface area contributed by atoms with Crippen LogP contribution in [0.2, 0.25) is 0 Å². The summed E-state index contributed by atoms with van der Waals surface area (Å²) in [6, 6.07) is 4.03. The number of aromatic nitrogens is 2. The van der Waals surface area contributed by atoms with E-state index in [-0.39, 0.29) is 5.56 Å². The van der Waals surface area contributed by atoms with Gasteiger partial charge in [0, 0.05) is 5.69 Å². The highest BCUT2D eigenvalue weighted by atomic mass is 32.1. The lowest BCUT2D eigenvalue weighted by Gasteiger charge is -2.09. The fourth-order valence-corrected chi connectivity index (χ4v) is 2.07. The third kappa shape index (κ3) is 3.29. The van der Waals surface area contributed by atoms with Gasteiger partial charge in [0.1, 0.15) is 5.01 Å². The third-order valence-corrected chi connectivity index (χ3v) is 3.23. The van der Waals surface area contributed by atoms with Gasteiger partial charge in [0.2, 0.25) is 5.13 Å². The minimum Gasteiger partial charge on any atom is -0.478 e. The number of carbonyl (C=O) groups excluding carboxylic acids is 1. The topological polar surface area (TPSA) is 104 Å². The number of anilines is 2. The fourth-order valence-electron chi connectivity index (χ4n) is 1.49. The van der Waals surface area contributed by atoms with Gasteiger partial charge in [-0.1, -0.05) is 17.4 Å². The van der Waals surface area contributed by atoms with Crippen molar-refractivity contribution in [3.63, 3.8) is 0 Å². The van der Waals surface area contributed by atoms with Crippen molar-refractivity contribution in [2.24, 2.45) is 0 Å². The Labute approximate surface area is 118 Å². The number of aromatic carboxylic acids is 1. The number of benzene rings is 1. The van der Waals surface area contributed by atoms with E-state index in [1.54, 1.807) is 19.9 Å². The molecule has 0 saturated heterocycles. The lowest BCUT2D eigenvalue weighted by Crippen LogP contribution is -2.20. The third-order valence-electron chi connectivity index (χ3n) is 2.48. The molecule has 8 heteroatoms. The highest BCUT2D eigenvalue weighted by Gasteiger charge is 2.10. The van der Waals surface area contributed by atoms with E-state index in [0.29, 0.717) is 10.8 Å². The molecule has 1 aromatic heterocycles. The van der Waals surface area contributed by atoms with Crippen LogP contribution < -0.4 is 10.6 Å². The van der Waals surface area contributed by atoms with Crippen LogP contribution in [0, 0.1) is 13.8 Å². The zero-order chi connectivity index (χ0) is 14.7. The summed E-state index contributed by atoms with van der Waals surface area (Å²) in [5.41, 5.74) is 1.31. The Morgan fingerprint density at radius 1 is 1.20 bits per heavy atom. The number of aryl methyl sites for hydroxylation is 2. The molecule has 1 heterocycles. The number of carbonyl (C=O) groups is 2. The molecule has 1 aromatic carbocycles. The summed E-state index contributed by atoms with van der Waals surface area (Å²) >= 11 is 1.25. The molecular weight excluding hydrogens is 280 g/mol. The summed E-state index contributed by atoms with van der Waals surface area (Å²) in [6.07, 6.45) is 0. The first-order valence-electron chi connectivity index (χ1n) is 5.68. The zero-order valence-electron chi connectivity index (χ0n) is 10.8. The van der Waals surface area contributed by atoms with Crippen LogP contribution in [0.25, 0.3) is 0 Å². The minimum atomic E-state index is -1.05. The summed E-state index contributed by atoms with van der Waals surface area (Å²) in [7, 11) is 0. The molecule has 2 rings (SSSR count). The molecule has 0 bridgehead atoms. The van der Waals surface area contributed by atoms with Crippen molar-refractivity contribution < 1.29 is 14.7 Å². The summed E-state index contributed by atoms with van der Waals surface area (Å²) < 4.78 is 0. The molecular formula is C12H12N4O3S. The second-order valence-corrected chi connectivity index (χ2v) is 5.22. The number of nitrogens with one attached hydrogen (secondary N) is 2. The Kier molecular flexibility index (Phi) is 3.94. The molecule has 2 aromatic rings. The van der Waals surface area contributed by atoms with Gasteiger partial charge in [-0.2, -0.15) is 0 Å². The molecule has 0 radical (unpaired) electrons. The Bertz CT molecular complexity index is 668. The molecule has 2 amide bonds. The largest absolute Gasteiger partial charge is 0.478 e. The van der Waals surface area contributed by atoms with E-state index < -0.39 is 12.0 Å². The van der Waals surface area contributed by atoms with Crippen LogP contribution in [0.1, 0.15) is 20.9 Å². The number of hydrogen-bond donors (Lipinski definition) is 3. The van der Waals surface area contributed by atoms with Gasteiger partial charge in [0.05, 0.1) is 5.56 Å². The van der Waals surface area contributed by atoms with Crippen LogP contribution in [0.4, 0.5) is 15.6 Å². The molecule has 0 unspecified atom stereocenters. The van der Waals surface area contributed by atoms with E-state index in [1.165, 1.54) is 23.5 Å². The van der Waals surface area contributed by atoms with Crippen LogP contribution in [0.5, 0.6) is 0 Å². The Morgan fingerprint density at radius 3 is 2.55 bits per heavy atom. The average Bonchev–Trinajstić information content (AvgIpc) is 2.77. The second-order valence-electron chi connectivity index (χ2n) is 4.04. The number of nitrogens with zero attached hydrogens (tertiary/aromatic N) is 2. The summed E-state index contributed by atoms with van der Waals surface area (Å²) in [5, 5.41) is 22.7. The standard InChI is InChI=1S/C12H12N4O3S/c1-6-3-4-8(10(17)18)5-9(6)13-11(19)14-12-16-15-7(2)20-12/h3-5H,1-2H3,(H,17,18)(H2,13,14,16,19). The van der Waals surface area contributed by atoms with Crippen LogP contribution in [-0.2, 0) is 0 Å². The first-order chi connectivity index (χ1) is 9.45. The highest BCUT2D eigenvalue weighted by Crippen LogP contribution is 2.18. The van der Waals surface area contributed by atoms with Crippen LogP contribution >= 0.6 is 11.3 Å². The normalized spacial score (nSPS) is 10.1. The number of carboxylic acids is 1. The van der Waals surface area contributed by atoms with Crippen molar-refractivity contribution in [2.75, 3.05) is 10.6 Å². The molecule has 0 saturated carbocycles. The van der Waals surface area contributed by atoms with Crippen LogP contribution in [-0.4, -0.2) is 27.3 Å². The van der Waals surface area contributed by atoms with Crippen molar-refractivity contribution in [3.8, 4) is 0 Å². The molecule has 20 heavy (non-hydrogen) atoms. The number of urea groups is 1. The van der Waals surface area contributed by atoms with E-state index in [4.69, 9.17) is 5.11 Å². The summed E-state index contributed by atoms with van der Waals surface area (Å²) in [4.78, 5) is 22.7. The molecule has 0 spiro atoms. The quantitative estimate of drug-likeness (QED) is 0.806. The summed E-state index contributed by atoms with van der Waals surface area (Å²) in [5.74, 6) is -1.05. The SMILES string of the molecule is Cc1nnc(NC(=O)Nc2cc(C(=O)O)ccc2C)s1. The molecule has 0 atom stereocenters. The lowest BCUT2D eigenvalue weighted by atomic mass is 10.1. The minimum absolute atomic E-state index is 0.109. The number of amides is 2. The molecule has 0 fully saturated rings. The maximum absolute atomic E-state index is 11.8. The lowest BCUT2D eigenvalue weighted by molar-refractivity contribution is 0.0697. The van der Waals surface area contributed by atoms with Crippen molar-refractivity contribution in [2.45, 2.75) is 13.8 Å². The van der Waals surface area contributed by atoms with Gasteiger partial charge in [0.15, 0.2) is 0 Å². The van der Waals surface area contributed by atoms with Gasteiger partial charge in [0.25, 0.3) is 0 Å². The Morgan fingerprint density at radius 2 is 1.95 bits per heavy atom. The van der Waals surface area contributed by atoms with Crippen LogP contribution in [0.15, 0.2) is 18.2 Å². The molecule has 0 aliphatic carbocycles. The van der Waals surface area contributed by atoms with Gasteiger partial charge < -0.3 is 10.4 Å². The van der Waals surface area contributed by atoms with Crippen molar-refractivity contribution >= 4 is 34.2 Å². The molecule has 0 aliphatic rings. The predicted molar refractivity (Wildman–Crippen MR) is 75.4 cm³/mol. The van der Waals surface area contributed by atoms with E-state index in [9.17, 15) is 9.59 Å². The van der Waals surface area contributed by atoms with Crippen molar-refractivity contribution in [1.82, 2.24) is 10.2 Å². The van der Waals surface area contributed by atoms with Crippen molar-refractivity contribution in [3.05, 3.63) is 34.3 Å². The smallest absolute Gasteiger partial charge is 0.335 e. The van der Waals surface area contributed by atoms with Gasteiger partial charge in [-0.25, -0.2) is 9.59 Å². The number of carboxylic acid groups (broad SMARTS) is 1. The van der Waals surface area contributed by atoms with E-state index in [1.807, 2.05) is 0 Å². The Hall–Kier alpha value is -2.48. The fraction of sp³-hybridized carbons (Fsp3) is 0.167. The van der Waals surface area contributed by atoms with E-state index in [0.717, 1.165) is 10.6 Å². The summed E-state index contributed by atoms with van der Waals surface area (Å²) in [6.45, 7) is 3.55. The molecule has 104 valence electrons. The maximum atomic E-state index is 11.8. The van der Waals surface area contributed by atoms with Crippen molar-refractivity contribution in [1.29, 1.82) is 0 Å². The monoisotopic (exact) mass is 292 g/mol. The van der Waals surface area contributed by atoms with Crippen LogP contribution in [0.3, 0.4) is 0 Å². The first kappa shape index (κ1) is 13.9. The highest BCUT2D eigenvalue weighted by molar-refractivity contribution is 7.15. The number of hydrogen-bond acceptors (Lipinski definition) is 5. The Balaban J connectivity index is 2.11. The zero-order valence-corrected chi connectivity index (χ0v) is 11.6. The second kappa shape index (κ2) is 5.66. The first-order valence-corrected chi connectivity index (χ1v) is 6.49. The molecule has 3 N–H and O–H groups in total. The average molecular weight is 292 g/mol. The van der Waals surface area contributed by atoms with Gasteiger partial charge in [-0.3, -0.25) is 5.32 Å². The maximum Gasteiger partial charge on any atom is 0.335 e. The number of rotatable bonds is 3. The molecule has 0 aliphatic heterocycles. The van der Waals surface area contributed by atoms with Gasteiger partial charge >= 0.3 is 12.0 Å². The van der Waals surface area contributed by atoms with E-state index in [2.05, 4.69) is 20.8 Å². The van der Waals surface area contributed by atoms with Gasteiger partial charge in [-0.05, 0) is 31.5 Å².